The van der Waals surface area contributed by atoms with Crippen LogP contribution in [0.25, 0.3) is 0 Å². The van der Waals surface area contributed by atoms with Gasteiger partial charge in [0.05, 0.1) is 12.6 Å². The summed E-state index contributed by atoms with van der Waals surface area (Å²) < 4.78 is 10.9. The van der Waals surface area contributed by atoms with Crippen LogP contribution in [0.5, 0.6) is 5.75 Å². The highest BCUT2D eigenvalue weighted by Crippen LogP contribution is 2.50. The highest BCUT2D eigenvalue weighted by atomic mass is 16.5. The number of ether oxygens (including phenoxy) is 2. The number of benzene rings is 2. The van der Waals surface area contributed by atoms with Gasteiger partial charge in [0.2, 0.25) is 0 Å². The molecule has 4 heteroatoms. The van der Waals surface area contributed by atoms with Crippen molar-refractivity contribution in [2.75, 3.05) is 43.6 Å². The van der Waals surface area contributed by atoms with Crippen LogP contribution in [0.15, 0.2) is 54.6 Å². The molecule has 1 aliphatic heterocycles. The number of nitrogens with zero attached hydrogens (tertiary/aromatic N) is 1. The molecule has 3 atom stereocenters. The Labute approximate surface area is 174 Å². The summed E-state index contributed by atoms with van der Waals surface area (Å²) in [7, 11) is 1.70. The van der Waals surface area contributed by atoms with Gasteiger partial charge in [0.1, 0.15) is 12.4 Å². The van der Waals surface area contributed by atoms with Crippen LogP contribution in [0.3, 0.4) is 0 Å². The number of methoxy groups -OCH3 is 1. The van der Waals surface area contributed by atoms with Crippen molar-refractivity contribution in [3.05, 3.63) is 65.7 Å². The van der Waals surface area contributed by atoms with E-state index in [1.165, 1.54) is 22.5 Å². The summed E-state index contributed by atoms with van der Waals surface area (Å²) in [4.78, 5) is 2.39. The molecule has 1 aliphatic carbocycles. The second-order valence-corrected chi connectivity index (χ2v) is 7.83. The minimum atomic E-state index is 0.327. The molecular weight excluding hydrogens is 360 g/mol. The summed E-state index contributed by atoms with van der Waals surface area (Å²) in [6, 6.07) is 15.9. The molecule has 0 spiro atoms. The number of hydrogen-bond donors (Lipinski definition) is 1. The van der Waals surface area contributed by atoms with Gasteiger partial charge >= 0.3 is 0 Å². The van der Waals surface area contributed by atoms with Gasteiger partial charge in [0.25, 0.3) is 0 Å². The van der Waals surface area contributed by atoms with Gasteiger partial charge in [-0.2, -0.15) is 0 Å². The minimum Gasteiger partial charge on any atom is -0.491 e. The Balaban J connectivity index is 1.57. The zero-order chi connectivity index (χ0) is 20.2. The van der Waals surface area contributed by atoms with Gasteiger partial charge in [-0.3, -0.25) is 0 Å². The summed E-state index contributed by atoms with van der Waals surface area (Å²) in [5.41, 5.74) is 5.23. The molecule has 2 aromatic rings. The van der Waals surface area contributed by atoms with E-state index in [0.29, 0.717) is 31.1 Å². The van der Waals surface area contributed by atoms with Crippen molar-refractivity contribution in [1.29, 1.82) is 0 Å². The third-order valence-corrected chi connectivity index (χ3v) is 6.27. The van der Waals surface area contributed by atoms with E-state index >= 15 is 0 Å². The predicted molar refractivity (Wildman–Crippen MR) is 120 cm³/mol. The largest absolute Gasteiger partial charge is 0.491 e. The third-order valence-electron chi connectivity index (χ3n) is 6.27. The van der Waals surface area contributed by atoms with Crippen molar-refractivity contribution in [1.82, 2.24) is 0 Å². The Morgan fingerprint density at radius 2 is 1.83 bits per heavy atom. The molecule has 29 heavy (non-hydrogen) atoms. The molecule has 4 nitrogen and oxygen atoms in total. The zero-order valence-corrected chi connectivity index (χ0v) is 17.7. The molecule has 0 amide bonds. The van der Waals surface area contributed by atoms with E-state index in [2.05, 4.69) is 78.7 Å². The van der Waals surface area contributed by atoms with E-state index < -0.39 is 0 Å². The van der Waals surface area contributed by atoms with Crippen LogP contribution in [0, 0.1) is 5.92 Å². The Kier molecular flexibility index (Phi) is 6.10. The number of fused-ring (bicyclic) bond motifs is 3. The fourth-order valence-electron chi connectivity index (χ4n) is 4.72. The van der Waals surface area contributed by atoms with E-state index in [-0.39, 0.29) is 0 Å². The molecule has 154 valence electrons. The quantitative estimate of drug-likeness (QED) is 0.483. The number of hydrogen-bond acceptors (Lipinski definition) is 4. The normalized spacial score (nSPS) is 22.0. The molecule has 1 heterocycles. The smallest absolute Gasteiger partial charge is 0.119 e. The van der Waals surface area contributed by atoms with Crippen LogP contribution in [-0.4, -0.2) is 33.4 Å². The first-order chi connectivity index (χ1) is 14.2. The average Bonchev–Trinajstić information content (AvgIpc) is 3.25. The lowest BCUT2D eigenvalue weighted by molar-refractivity contribution is 0.146. The van der Waals surface area contributed by atoms with Crippen molar-refractivity contribution >= 4 is 11.4 Å². The highest BCUT2D eigenvalue weighted by molar-refractivity contribution is 5.62. The van der Waals surface area contributed by atoms with Gasteiger partial charge in [-0.05, 0) is 67.6 Å². The molecule has 0 saturated heterocycles. The zero-order valence-electron chi connectivity index (χ0n) is 17.7. The van der Waals surface area contributed by atoms with Gasteiger partial charge < -0.3 is 19.7 Å². The number of allylic oxidation sites excluding steroid dienone is 2. The molecular formula is C25H32N2O2. The van der Waals surface area contributed by atoms with Gasteiger partial charge in [0, 0.05) is 37.5 Å². The van der Waals surface area contributed by atoms with Crippen LogP contribution < -0.4 is 15.0 Å². The van der Waals surface area contributed by atoms with E-state index in [4.69, 9.17) is 9.47 Å². The molecule has 2 aromatic carbocycles. The predicted octanol–water partition coefficient (Wildman–Crippen LogP) is 5.38. The van der Waals surface area contributed by atoms with Gasteiger partial charge in [0.15, 0.2) is 0 Å². The fourth-order valence-corrected chi connectivity index (χ4v) is 4.72. The van der Waals surface area contributed by atoms with Gasteiger partial charge in [-0.1, -0.05) is 24.3 Å². The SMILES string of the molecule is CCN(CC)c1ccc(C2Nc3ccc(OCCOC)cc3C3C=CCC32)cc1. The summed E-state index contributed by atoms with van der Waals surface area (Å²) in [5, 5.41) is 3.82. The maximum absolute atomic E-state index is 5.85. The molecule has 0 bridgehead atoms. The lowest BCUT2D eigenvalue weighted by atomic mass is 9.77. The number of rotatable bonds is 8. The standard InChI is InChI=1S/C25H32N2O2/c1-4-27(5-2)19-11-9-18(10-12-19)25-22-8-6-7-21(22)23-17-20(29-16-15-28-3)13-14-24(23)26-25/h6-7,9-14,17,21-22,25-26H,4-5,8,15-16H2,1-3H3. The van der Waals surface area contributed by atoms with Crippen molar-refractivity contribution in [2.24, 2.45) is 5.92 Å². The molecule has 3 unspecified atom stereocenters. The number of nitrogens with one attached hydrogen (secondary N) is 1. The van der Waals surface area contributed by atoms with Gasteiger partial charge in [-0.25, -0.2) is 0 Å². The topological polar surface area (TPSA) is 33.7 Å². The minimum absolute atomic E-state index is 0.327. The van der Waals surface area contributed by atoms with Crippen molar-refractivity contribution in [3.8, 4) is 5.75 Å². The van der Waals surface area contributed by atoms with E-state index in [9.17, 15) is 0 Å². The maximum Gasteiger partial charge on any atom is 0.119 e. The second kappa shape index (κ2) is 8.91. The Morgan fingerprint density at radius 1 is 1.03 bits per heavy atom. The highest BCUT2D eigenvalue weighted by Gasteiger charge is 2.38. The lowest BCUT2D eigenvalue weighted by Gasteiger charge is -2.38. The molecule has 0 fully saturated rings. The summed E-state index contributed by atoms with van der Waals surface area (Å²) in [5.74, 6) is 1.89. The first-order valence-electron chi connectivity index (χ1n) is 10.8. The fraction of sp³-hybridized carbons (Fsp3) is 0.440. The maximum atomic E-state index is 5.85. The lowest BCUT2D eigenvalue weighted by Crippen LogP contribution is -2.29. The van der Waals surface area contributed by atoms with E-state index in [1.807, 2.05) is 0 Å². The average molecular weight is 393 g/mol. The molecule has 1 N–H and O–H groups in total. The van der Waals surface area contributed by atoms with Crippen LogP contribution >= 0.6 is 0 Å². The molecule has 0 saturated carbocycles. The molecule has 0 radical (unpaired) electrons. The van der Waals surface area contributed by atoms with Crippen LogP contribution in [0.2, 0.25) is 0 Å². The van der Waals surface area contributed by atoms with Crippen LogP contribution in [-0.2, 0) is 4.74 Å². The van der Waals surface area contributed by atoms with E-state index in [1.54, 1.807) is 7.11 Å². The molecule has 2 aliphatic rings. The third kappa shape index (κ3) is 3.99. The van der Waals surface area contributed by atoms with Crippen molar-refractivity contribution in [2.45, 2.75) is 32.2 Å². The summed E-state index contributed by atoms with van der Waals surface area (Å²) in [6.07, 6.45) is 5.82. The monoisotopic (exact) mass is 392 g/mol. The first kappa shape index (κ1) is 19.8. The van der Waals surface area contributed by atoms with Gasteiger partial charge in [-0.15, -0.1) is 0 Å². The number of anilines is 2. The molecule has 0 aromatic heterocycles. The van der Waals surface area contributed by atoms with Crippen LogP contribution in [0.4, 0.5) is 11.4 Å². The van der Waals surface area contributed by atoms with Crippen molar-refractivity contribution < 1.29 is 9.47 Å². The Morgan fingerprint density at radius 3 is 2.55 bits per heavy atom. The van der Waals surface area contributed by atoms with Crippen LogP contribution in [0.1, 0.15) is 43.4 Å². The second-order valence-electron chi connectivity index (χ2n) is 7.83. The molecule has 4 rings (SSSR count). The Bertz CT molecular complexity index is 842. The first-order valence-corrected chi connectivity index (χ1v) is 10.8. The summed E-state index contributed by atoms with van der Waals surface area (Å²) >= 11 is 0. The van der Waals surface area contributed by atoms with E-state index in [0.717, 1.165) is 25.3 Å². The Hall–Kier alpha value is -2.46. The van der Waals surface area contributed by atoms with Crippen molar-refractivity contribution in [3.63, 3.8) is 0 Å². The summed E-state index contributed by atoms with van der Waals surface area (Å²) in [6.45, 7) is 7.67.